The third kappa shape index (κ3) is 6.06. The van der Waals surface area contributed by atoms with Gasteiger partial charge in [-0.1, -0.05) is 42.0 Å². The topological polar surface area (TPSA) is 74.0 Å². The molecular weight excluding hydrogens is 411 g/mol. The summed E-state index contributed by atoms with van der Waals surface area (Å²) in [4.78, 5) is 14.3. The Hall–Kier alpha value is -2.48. The predicted molar refractivity (Wildman–Crippen MR) is 122 cm³/mol. The second-order valence-corrected chi connectivity index (χ2v) is 8.99. The number of nitrogens with two attached hydrogens (primary N) is 1. The van der Waals surface area contributed by atoms with Crippen LogP contribution in [0.25, 0.3) is 11.1 Å². The maximum Gasteiger partial charge on any atom is 0.410 e. The lowest BCUT2D eigenvalue weighted by molar-refractivity contribution is -0.111. The van der Waals surface area contributed by atoms with Crippen LogP contribution in [0.1, 0.15) is 38.0 Å². The van der Waals surface area contributed by atoms with Crippen LogP contribution in [-0.2, 0) is 14.2 Å². The molecule has 1 aliphatic rings. The highest BCUT2D eigenvalue weighted by Crippen LogP contribution is 2.36. The van der Waals surface area contributed by atoms with E-state index in [0.29, 0.717) is 30.8 Å². The van der Waals surface area contributed by atoms with E-state index in [0.717, 1.165) is 11.1 Å². The Morgan fingerprint density at radius 1 is 1.28 bits per heavy atom. The largest absolute Gasteiger partial charge is 0.444 e. The van der Waals surface area contributed by atoms with Gasteiger partial charge < -0.3 is 24.8 Å². The average molecular weight is 445 g/mol. The number of hydrogen-bond acceptors (Lipinski definition) is 5. The fraction of sp³-hybridized carbons (Fsp3) is 0.480. The molecule has 0 bridgehead atoms. The number of carbonyl (C=O) groups is 1. The number of amides is 1. The highest BCUT2D eigenvalue weighted by molar-refractivity contribution is 5.70. The van der Waals surface area contributed by atoms with Crippen LogP contribution in [0.2, 0.25) is 0 Å². The zero-order valence-electron chi connectivity index (χ0n) is 19.3. The summed E-state index contributed by atoms with van der Waals surface area (Å²) >= 11 is 0. The molecule has 2 atom stereocenters. The first-order chi connectivity index (χ1) is 15.2. The van der Waals surface area contributed by atoms with Crippen LogP contribution in [0.15, 0.2) is 42.5 Å². The van der Waals surface area contributed by atoms with Crippen molar-refractivity contribution >= 4 is 6.09 Å². The Kier molecular flexibility index (Phi) is 7.87. The van der Waals surface area contributed by atoms with Crippen molar-refractivity contribution in [3.8, 4) is 11.1 Å². The second kappa shape index (κ2) is 10.4. The lowest BCUT2D eigenvalue weighted by atomic mass is 9.92. The highest BCUT2D eigenvalue weighted by Gasteiger charge is 2.35. The lowest BCUT2D eigenvalue weighted by Crippen LogP contribution is -2.49. The molecule has 1 aliphatic heterocycles. The van der Waals surface area contributed by atoms with Gasteiger partial charge in [-0.25, -0.2) is 9.18 Å². The number of morpholine rings is 1. The fourth-order valence-electron chi connectivity index (χ4n) is 3.83. The van der Waals surface area contributed by atoms with E-state index in [2.05, 4.69) is 0 Å². The SMILES string of the molecule is Cc1cccc(-c2c(F)cccc2C(OCCN)C2CN(C(=O)OC(C)(C)C)CCO2)c1. The molecule has 1 saturated heterocycles. The van der Waals surface area contributed by atoms with Crippen molar-refractivity contribution in [3.63, 3.8) is 0 Å². The molecule has 0 aliphatic carbocycles. The Labute approximate surface area is 189 Å². The van der Waals surface area contributed by atoms with E-state index in [4.69, 9.17) is 19.9 Å². The van der Waals surface area contributed by atoms with Crippen LogP contribution in [0.3, 0.4) is 0 Å². The van der Waals surface area contributed by atoms with Gasteiger partial charge in [0.05, 0.1) is 19.8 Å². The first-order valence-electron chi connectivity index (χ1n) is 11.0. The van der Waals surface area contributed by atoms with Gasteiger partial charge >= 0.3 is 6.09 Å². The fourth-order valence-corrected chi connectivity index (χ4v) is 3.83. The van der Waals surface area contributed by atoms with Gasteiger partial charge in [-0.2, -0.15) is 0 Å². The summed E-state index contributed by atoms with van der Waals surface area (Å²) in [6.45, 7) is 9.08. The molecule has 1 fully saturated rings. The Morgan fingerprint density at radius 3 is 2.72 bits per heavy atom. The van der Waals surface area contributed by atoms with Crippen LogP contribution in [-0.4, -0.2) is 55.5 Å². The zero-order chi connectivity index (χ0) is 23.3. The van der Waals surface area contributed by atoms with Gasteiger partial charge in [0.2, 0.25) is 0 Å². The average Bonchev–Trinajstić information content (AvgIpc) is 2.73. The van der Waals surface area contributed by atoms with E-state index in [1.165, 1.54) is 6.07 Å². The number of halogens is 1. The first kappa shape index (κ1) is 24.2. The first-order valence-corrected chi connectivity index (χ1v) is 11.0. The third-order valence-electron chi connectivity index (χ3n) is 5.16. The summed E-state index contributed by atoms with van der Waals surface area (Å²) in [6, 6.07) is 12.6. The van der Waals surface area contributed by atoms with Crippen molar-refractivity contribution in [3.05, 3.63) is 59.4 Å². The number of rotatable bonds is 6. The van der Waals surface area contributed by atoms with E-state index in [-0.39, 0.29) is 19.0 Å². The molecule has 2 aromatic carbocycles. The van der Waals surface area contributed by atoms with Crippen LogP contribution in [0.4, 0.5) is 9.18 Å². The van der Waals surface area contributed by atoms with Gasteiger partial charge in [0, 0.05) is 18.7 Å². The Bertz CT molecular complexity index is 928. The van der Waals surface area contributed by atoms with Crippen molar-refractivity contribution < 1.29 is 23.4 Å². The Balaban J connectivity index is 1.95. The number of carbonyl (C=O) groups excluding carboxylic acids is 1. The number of hydrogen-bond donors (Lipinski definition) is 1. The van der Waals surface area contributed by atoms with Crippen LogP contribution >= 0.6 is 0 Å². The molecule has 6 nitrogen and oxygen atoms in total. The smallest absolute Gasteiger partial charge is 0.410 e. The summed E-state index contributed by atoms with van der Waals surface area (Å²) < 4.78 is 32.7. The summed E-state index contributed by atoms with van der Waals surface area (Å²) in [5.74, 6) is -0.339. The quantitative estimate of drug-likeness (QED) is 0.712. The third-order valence-corrected chi connectivity index (χ3v) is 5.16. The molecule has 2 aromatic rings. The van der Waals surface area contributed by atoms with Gasteiger partial charge in [-0.05, 0) is 44.9 Å². The molecule has 1 amide bonds. The molecule has 0 radical (unpaired) electrons. The van der Waals surface area contributed by atoms with Crippen LogP contribution in [0, 0.1) is 12.7 Å². The minimum Gasteiger partial charge on any atom is -0.444 e. The normalized spacial score (nSPS) is 17.8. The predicted octanol–water partition coefficient (Wildman–Crippen LogP) is 4.45. The van der Waals surface area contributed by atoms with Gasteiger partial charge in [-0.15, -0.1) is 0 Å². The van der Waals surface area contributed by atoms with E-state index >= 15 is 4.39 Å². The minimum absolute atomic E-state index is 0.272. The molecule has 0 spiro atoms. The van der Waals surface area contributed by atoms with Crippen molar-refractivity contribution in [2.45, 2.75) is 45.5 Å². The molecule has 0 aromatic heterocycles. The minimum atomic E-state index is -0.602. The molecule has 32 heavy (non-hydrogen) atoms. The number of ether oxygens (including phenoxy) is 3. The van der Waals surface area contributed by atoms with E-state index in [1.807, 2.05) is 58.0 Å². The summed E-state index contributed by atoms with van der Waals surface area (Å²) in [5, 5.41) is 0. The summed E-state index contributed by atoms with van der Waals surface area (Å²) in [7, 11) is 0. The van der Waals surface area contributed by atoms with Gasteiger partial charge in [0.1, 0.15) is 23.6 Å². The molecule has 2 N–H and O–H groups in total. The number of nitrogens with zero attached hydrogens (tertiary/aromatic N) is 1. The van der Waals surface area contributed by atoms with E-state index in [9.17, 15) is 4.79 Å². The second-order valence-electron chi connectivity index (χ2n) is 8.99. The molecule has 0 saturated carbocycles. The van der Waals surface area contributed by atoms with Crippen molar-refractivity contribution in [2.75, 3.05) is 32.8 Å². The van der Waals surface area contributed by atoms with E-state index < -0.39 is 23.9 Å². The molecule has 3 rings (SSSR count). The summed E-state index contributed by atoms with van der Waals surface area (Å²) in [5.41, 5.74) is 8.04. The number of benzene rings is 2. The molecule has 1 heterocycles. The lowest BCUT2D eigenvalue weighted by Gasteiger charge is -2.38. The van der Waals surface area contributed by atoms with Crippen LogP contribution < -0.4 is 5.73 Å². The van der Waals surface area contributed by atoms with Crippen molar-refractivity contribution in [1.29, 1.82) is 0 Å². The van der Waals surface area contributed by atoms with Crippen molar-refractivity contribution in [1.82, 2.24) is 4.90 Å². The highest BCUT2D eigenvalue weighted by atomic mass is 19.1. The van der Waals surface area contributed by atoms with Gasteiger partial charge in [-0.3, -0.25) is 0 Å². The molecule has 7 heteroatoms. The summed E-state index contributed by atoms with van der Waals surface area (Å²) in [6.07, 6.45) is -1.50. The maximum absolute atomic E-state index is 15.1. The van der Waals surface area contributed by atoms with Gasteiger partial charge in [0.15, 0.2) is 0 Å². The van der Waals surface area contributed by atoms with Crippen LogP contribution in [0.5, 0.6) is 0 Å². The standard InChI is InChI=1S/C25H33FN2O4/c1-17-7-5-8-18(15-17)22-19(9-6-10-20(22)26)23(31-13-11-27)21-16-28(12-14-30-21)24(29)32-25(2,3)4/h5-10,15,21,23H,11-14,16,27H2,1-4H3. The van der Waals surface area contributed by atoms with E-state index in [1.54, 1.807) is 11.0 Å². The van der Waals surface area contributed by atoms with Crippen molar-refractivity contribution in [2.24, 2.45) is 5.73 Å². The molecule has 174 valence electrons. The maximum atomic E-state index is 15.1. The molecule has 2 unspecified atom stereocenters. The molecular formula is C25H33FN2O4. The zero-order valence-corrected chi connectivity index (χ0v) is 19.3. The van der Waals surface area contributed by atoms with Gasteiger partial charge in [0.25, 0.3) is 0 Å². The monoisotopic (exact) mass is 444 g/mol. The number of aryl methyl sites for hydroxylation is 1. The Morgan fingerprint density at radius 2 is 2.03 bits per heavy atom.